The summed E-state index contributed by atoms with van der Waals surface area (Å²) in [5, 5.41) is 5.81. The van der Waals surface area contributed by atoms with Crippen molar-refractivity contribution in [1.29, 1.82) is 0 Å². The van der Waals surface area contributed by atoms with Gasteiger partial charge in [0.25, 0.3) is 5.91 Å². The van der Waals surface area contributed by atoms with Gasteiger partial charge in [-0.2, -0.15) is 0 Å². The maximum absolute atomic E-state index is 12.5. The molecule has 2 N–H and O–H groups in total. The van der Waals surface area contributed by atoms with Crippen molar-refractivity contribution in [2.45, 2.75) is 32.2 Å². The van der Waals surface area contributed by atoms with Crippen LogP contribution in [0.2, 0.25) is 0 Å². The Labute approximate surface area is 143 Å². The number of fused-ring (bicyclic) bond motifs is 1. The van der Waals surface area contributed by atoms with E-state index >= 15 is 0 Å². The topological polar surface area (TPSA) is 91.4 Å². The quantitative estimate of drug-likeness (QED) is 0.813. The van der Waals surface area contributed by atoms with Crippen molar-refractivity contribution in [2.24, 2.45) is 0 Å². The summed E-state index contributed by atoms with van der Waals surface area (Å²) in [6.45, 7) is 3.36. The lowest BCUT2D eigenvalue weighted by Crippen LogP contribution is -2.46. The Morgan fingerprint density at radius 1 is 1.29 bits per heavy atom. The van der Waals surface area contributed by atoms with Gasteiger partial charge in [0.15, 0.2) is 5.13 Å². The summed E-state index contributed by atoms with van der Waals surface area (Å²) < 4.78 is 0.957. The van der Waals surface area contributed by atoms with Crippen molar-refractivity contribution in [3.63, 3.8) is 0 Å². The molecule has 1 aromatic carbocycles. The molecule has 0 saturated carbocycles. The van der Waals surface area contributed by atoms with E-state index in [0.717, 1.165) is 15.1 Å². The number of rotatable bonds is 5. The van der Waals surface area contributed by atoms with Gasteiger partial charge in [0, 0.05) is 0 Å². The smallest absolute Gasteiger partial charge is 0.323 e. The number of para-hydroxylation sites is 1. The van der Waals surface area contributed by atoms with Crippen LogP contribution in [-0.2, 0) is 9.59 Å². The number of aromatic nitrogens is 1. The first-order chi connectivity index (χ1) is 11.5. The van der Waals surface area contributed by atoms with Crippen LogP contribution in [-0.4, -0.2) is 39.8 Å². The Kier molecular flexibility index (Phi) is 4.23. The molecule has 4 amide bonds. The number of amides is 4. The fraction of sp³-hybridized carbons (Fsp3) is 0.375. The first-order valence-electron chi connectivity index (χ1n) is 7.78. The highest BCUT2D eigenvalue weighted by Crippen LogP contribution is 2.26. The SMILES string of the molecule is CCC1(CC)NC(=O)N(CC(=O)Nc2nc3ccccc3s2)C1=O. The minimum atomic E-state index is -0.896. The monoisotopic (exact) mass is 346 g/mol. The Morgan fingerprint density at radius 3 is 2.62 bits per heavy atom. The number of imide groups is 1. The zero-order valence-corrected chi connectivity index (χ0v) is 14.3. The molecule has 1 saturated heterocycles. The van der Waals surface area contributed by atoms with E-state index in [2.05, 4.69) is 15.6 Å². The Hall–Kier alpha value is -2.48. The van der Waals surface area contributed by atoms with Crippen LogP contribution in [0.5, 0.6) is 0 Å². The molecule has 0 aliphatic carbocycles. The molecule has 24 heavy (non-hydrogen) atoms. The van der Waals surface area contributed by atoms with Gasteiger partial charge in [-0.1, -0.05) is 37.3 Å². The molecule has 1 aliphatic heterocycles. The number of benzene rings is 1. The average Bonchev–Trinajstić information content (AvgIpc) is 3.08. The van der Waals surface area contributed by atoms with Crippen molar-refractivity contribution in [2.75, 3.05) is 11.9 Å². The maximum atomic E-state index is 12.5. The van der Waals surface area contributed by atoms with Crippen LogP contribution in [0.3, 0.4) is 0 Å². The van der Waals surface area contributed by atoms with Gasteiger partial charge in [0.1, 0.15) is 12.1 Å². The zero-order valence-electron chi connectivity index (χ0n) is 13.5. The van der Waals surface area contributed by atoms with Crippen molar-refractivity contribution in [3.05, 3.63) is 24.3 Å². The molecule has 7 nitrogen and oxygen atoms in total. The molecule has 0 radical (unpaired) electrons. The summed E-state index contributed by atoms with van der Waals surface area (Å²) in [6, 6.07) is 7.01. The molecule has 3 rings (SSSR count). The van der Waals surface area contributed by atoms with Gasteiger partial charge in [-0.3, -0.25) is 14.5 Å². The molecular weight excluding hydrogens is 328 g/mol. The predicted molar refractivity (Wildman–Crippen MR) is 91.8 cm³/mol. The molecule has 0 spiro atoms. The zero-order chi connectivity index (χ0) is 17.3. The molecule has 2 heterocycles. The van der Waals surface area contributed by atoms with E-state index in [9.17, 15) is 14.4 Å². The minimum Gasteiger partial charge on any atom is -0.323 e. The number of carbonyl (C=O) groups is 3. The summed E-state index contributed by atoms with van der Waals surface area (Å²) in [5.41, 5.74) is -0.100. The van der Waals surface area contributed by atoms with Crippen LogP contribution < -0.4 is 10.6 Å². The normalized spacial score (nSPS) is 16.5. The van der Waals surface area contributed by atoms with Crippen LogP contribution in [0, 0.1) is 0 Å². The van der Waals surface area contributed by atoms with Gasteiger partial charge in [-0.05, 0) is 25.0 Å². The van der Waals surface area contributed by atoms with Gasteiger partial charge < -0.3 is 10.6 Å². The fourth-order valence-electron chi connectivity index (χ4n) is 2.78. The van der Waals surface area contributed by atoms with Crippen molar-refractivity contribution in [1.82, 2.24) is 15.2 Å². The number of thiazole rings is 1. The second-order valence-electron chi connectivity index (χ2n) is 5.65. The predicted octanol–water partition coefficient (Wildman–Crippen LogP) is 2.35. The first kappa shape index (κ1) is 16.4. The van der Waals surface area contributed by atoms with E-state index in [-0.39, 0.29) is 12.5 Å². The molecule has 1 aromatic heterocycles. The highest BCUT2D eigenvalue weighted by Gasteiger charge is 2.49. The third-order valence-electron chi connectivity index (χ3n) is 4.29. The maximum Gasteiger partial charge on any atom is 0.325 e. The lowest BCUT2D eigenvalue weighted by molar-refractivity contribution is -0.134. The van der Waals surface area contributed by atoms with Gasteiger partial charge in [-0.25, -0.2) is 9.78 Å². The standard InChI is InChI=1S/C16H18N4O3S/c1-3-16(4-2)13(22)20(15(23)19-16)9-12(21)18-14-17-10-7-5-6-8-11(10)24-14/h5-8H,3-4,9H2,1-2H3,(H,19,23)(H,17,18,21). The molecule has 0 bridgehead atoms. The molecular formula is C16H18N4O3S. The molecule has 0 atom stereocenters. The van der Waals surface area contributed by atoms with Crippen LogP contribution in [0.4, 0.5) is 9.93 Å². The Balaban J connectivity index is 1.70. The lowest BCUT2D eigenvalue weighted by Gasteiger charge is -2.22. The largest absolute Gasteiger partial charge is 0.325 e. The number of anilines is 1. The van der Waals surface area contributed by atoms with E-state index in [1.807, 2.05) is 38.1 Å². The van der Waals surface area contributed by atoms with Gasteiger partial charge in [-0.15, -0.1) is 0 Å². The van der Waals surface area contributed by atoms with Crippen molar-refractivity contribution in [3.8, 4) is 0 Å². The average molecular weight is 346 g/mol. The summed E-state index contributed by atoms with van der Waals surface area (Å²) in [7, 11) is 0. The van der Waals surface area contributed by atoms with E-state index < -0.39 is 17.5 Å². The number of hydrogen-bond donors (Lipinski definition) is 2. The molecule has 1 fully saturated rings. The molecule has 126 valence electrons. The van der Waals surface area contributed by atoms with Gasteiger partial charge in [0.2, 0.25) is 5.91 Å². The summed E-state index contributed by atoms with van der Waals surface area (Å²) in [4.78, 5) is 42.0. The van der Waals surface area contributed by atoms with E-state index in [0.29, 0.717) is 18.0 Å². The molecule has 0 unspecified atom stereocenters. The summed E-state index contributed by atoms with van der Waals surface area (Å²) >= 11 is 1.35. The van der Waals surface area contributed by atoms with E-state index in [4.69, 9.17) is 0 Å². The van der Waals surface area contributed by atoms with Crippen LogP contribution in [0.15, 0.2) is 24.3 Å². The van der Waals surface area contributed by atoms with E-state index in [1.54, 1.807) is 0 Å². The number of nitrogens with zero attached hydrogens (tertiary/aromatic N) is 2. The second-order valence-corrected chi connectivity index (χ2v) is 6.68. The number of carbonyl (C=O) groups excluding carboxylic acids is 3. The number of nitrogens with one attached hydrogen (secondary N) is 2. The lowest BCUT2D eigenvalue weighted by atomic mass is 9.93. The minimum absolute atomic E-state index is 0.317. The van der Waals surface area contributed by atoms with Gasteiger partial charge in [0.05, 0.1) is 10.2 Å². The van der Waals surface area contributed by atoms with Crippen LogP contribution in [0.1, 0.15) is 26.7 Å². The first-order valence-corrected chi connectivity index (χ1v) is 8.60. The van der Waals surface area contributed by atoms with Crippen LogP contribution in [0.25, 0.3) is 10.2 Å². The fourth-order valence-corrected chi connectivity index (χ4v) is 3.66. The highest BCUT2D eigenvalue weighted by molar-refractivity contribution is 7.22. The number of hydrogen-bond acceptors (Lipinski definition) is 5. The van der Waals surface area contributed by atoms with Crippen LogP contribution >= 0.6 is 11.3 Å². The molecule has 1 aliphatic rings. The Bertz CT molecular complexity index is 780. The highest BCUT2D eigenvalue weighted by atomic mass is 32.1. The molecule has 8 heteroatoms. The van der Waals surface area contributed by atoms with Gasteiger partial charge >= 0.3 is 6.03 Å². The number of urea groups is 1. The van der Waals surface area contributed by atoms with Crippen molar-refractivity contribution >= 4 is 44.5 Å². The van der Waals surface area contributed by atoms with Crippen molar-refractivity contribution < 1.29 is 14.4 Å². The Morgan fingerprint density at radius 2 is 2.00 bits per heavy atom. The summed E-state index contributed by atoms with van der Waals surface area (Å²) in [6.07, 6.45) is 0.980. The van der Waals surface area contributed by atoms with E-state index in [1.165, 1.54) is 11.3 Å². The third kappa shape index (κ3) is 2.73. The second kappa shape index (κ2) is 6.20. The third-order valence-corrected chi connectivity index (χ3v) is 5.25. The molecule has 2 aromatic rings. The summed E-state index contributed by atoms with van der Waals surface area (Å²) in [5.74, 6) is -0.794.